The minimum Gasteiger partial charge on any atom is -0.454 e. The summed E-state index contributed by atoms with van der Waals surface area (Å²) in [5.74, 6) is 1.59. The normalized spacial score (nSPS) is 12.2. The van der Waals surface area contributed by atoms with Crippen LogP contribution in [0.3, 0.4) is 0 Å². The van der Waals surface area contributed by atoms with Crippen molar-refractivity contribution in [3.8, 4) is 11.5 Å². The summed E-state index contributed by atoms with van der Waals surface area (Å²) in [6, 6.07) is 5.90. The van der Waals surface area contributed by atoms with Crippen molar-refractivity contribution in [1.82, 2.24) is 10.6 Å². The fraction of sp³-hybridized carbons (Fsp3) is 0.562. The molecular weight excluding hydrogens is 300 g/mol. The molecule has 0 radical (unpaired) electrons. The molecule has 22 heavy (non-hydrogen) atoms. The summed E-state index contributed by atoms with van der Waals surface area (Å²) in [4.78, 5) is 0. The smallest absolute Gasteiger partial charge is 0.231 e. The maximum absolute atomic E-state index is 5.50. The molecule has 0 atom stereocenters. The van der Waals surface area contributed by atoms with Gasteiger partial charge in [-0.15, -0.1) is 0 Å². The molecule has 6 heteroatoms. The molecule has 0 fully saturated rings. The molecule has 1 aliphatic heterocycles. The molecule has 0 aliphatic carbocycles. The zero-order chi connectivity index (χ0) is 15.6. The average Bonchev–Trinajstić information content (AvgIpc) is 2.99. The monoisotopic (exact) mass is 324 g/mol. The Balaban J connectivity index is 1.56. The van der Waals surface area contributed by atoms with Crippen LogP contribution in [0.15, 0.2) is 18.2 Å². The first-order chi connectivity index (χ1) is 10.8. The maximum Gasteiger partial charge on any atom is 0.231 e. The Morgan fingerprint density at radius 3 is 2.86 bits per heavy atom. The predicted octanol–water partition coefficient (Wildman–Crippen LogP) is 2.59. The third-order valence-corrected chi connectivity index (χ3v) is 3.57. The van der Waals surface area contributed by atoms with Crippen LogP contribution in [-0.2, 0) is 11.3 Å². The third kappa shape index (κ3) is 5.69. The van der Waals surface area contributed by atoms with Crippen LogP contribution in [0.25, 0.3) is 0 Å². The molecule has 122 valence electrons. The van der Waals surface area contributed by atoms with Crippen LogP contribution in [-0.4, -0.2) is 31.7 Å². The molecule has 0 bridgehead atoms. The van der Waals surface area contributed by atoms with Gasteiger partial charge in [0, 0.05) is 26.3 Å². The van der Waals surface area contributed by atoms with E-state index in [1.54, 1.807) is 0 Å². The number of hydrogen-bond donors (Lipinski definition) is 2. The number of thiocarbonyl (C=S) groups is 1. The second kappa shape index (κ2) is 9.48. The Morgan fingerprint density at radius 1 is 1.18 bits per heavy atom. The van der Waals surface area contributed by atoms with Crippen molar-refractivity contribution in [1.29, 1.82) is 0 Å². The van der Waals surface area contributed by atoms with E-state index in [1.807, 2.05) is 18.2 Å². The Kier molecular flexibility index (Phi) is 7.25. The van der Waals surface area contributed by atoms with E-state index in [9.17, 15) is 0 Å². The zero-order valence-electron chi connectivity index (χ0n) is 13.0. The van der Waals surface area contributed by atoms with Crippen LogP contribution >= 0.6 is 12.2 Å². The molecule has 0 spiro atoms. The Labute approximate surface area is 137 Å². The lowest BCUT2D eigenvalue weighted by molar-refractivity contribution is 0.129. The number of ether oxygens (including phenoxy) is 3. The van der Waals surface area contributed by atoms with Crippen molar-refractivity contribution in [2.75, 3.05) is 26.6 Å². The predicted molar refractivity (Wildman–Crippen MR) is 90.3 cm³/mol. The van der Waals surface area contributed by atoms with E-state index in [4.69, 9.17) is 26.4 Å². The van der Waals surface area contributed by atoms with E-state index >= 15 is 0 Å². The van der Waals surface area contributed by atoms with Gasteiger partial charge in [-0.05, 0) is 42.8 Å². The minimum absolute atomic E-state index is 0.298. The summed E-state index contributed by atoms with van der Waals surface area (Å²) in [5, 5.41) is 7.02. The van der Waals surface area contributed by atoms with Gasteiger partial charge in [0.15, 0.2) is 16.6 Å². The van der Waals surface area contributed by atoms with Crippen LogP contribution in [0.5, 0.6) is 11.5 Å². The highest BCUT2D eigenvalue weighted by atomic mass is 32.1. The summed E-state index contributed by atoms with van der Waals surface area (Å²) < 4.78 is 16.1. The molecule has 0 unspecified atom stereocenters. The van der Waals surface area contributed by atoms with Gasteiger partial charge in [0.05, 0.1) is 0 Å². The van der Waals surface area contributed by atoms with Crippen molar-refractivity contribution in [3.05, 3.63) is 23.8 Å². The Hall–Kier alpha value is -1.53. The van der Waals surface area contributed by atoms with Gasteiger partial charge in [-0.1, -0.05) is 19.4 Å². The zero-order valence-corrected chi connectivity index (χ0v) is 13.8. The first kappa shape index (κ1) is 16.8. The summed E-state index contributed by atoms with van der Waals surface area (Å²) in [7, 11) is 0. The number of benzene rings is 1. The van der Waals surface area contributed by atoms with Gasteiger partial charge >= 0.3 is 0 Å². The number of unbranched alkanes of at least 4 members (excludes halogenated alkanes) is 1. The average molecular weight is 324 g/mol. The Bertz CT molecular complexity index is 482. The number of rotatable bonds is 9. The Morgan fingerprint density at radius 2 is 2.00 bits per heavy atom. The fourth-order valence-electron chi connectivity index (χ4n) is 2.02. The van der Waals surface area contributed by atoms with Crippen molar-refractivity contribution >= 4 is 17.3 Å². The topological polar surface area (TPSA) is 51.8 Å². The second-order valence-corrected chi connectivity index (χ2v) is 5.52. The molecule has 2 rings (SSSR count). The van der Waals surface area contributed by atoms with Gasteiger partial charge in [-0.2, -0.15) is 0 Å². The highest BCUT2D eigenvalue weighted by Crippen LogP contribution is 2.32. The van der Waals surface area contributed by atoms with Crippen LogP contribution in [0.2, 0.25) is 0 Å². The van der Waals surface area contributed by atoms with E-state index in [0.29, 0.717) is 18.5 Å². The largest absolute Gasteiger partial charge is 0.454 e. The minimum atomic E-state index is 0.298. The summed E-state index contributed by atoms with van der Waals surface area (Å²) >= 11 is 5.25. The van der Waals surface area contributed by atoms with E-state index in [1.165, 1.54) is 6.42 Å². The molecule has 1 aliphatic rings. The highest BCUT2D eigenvalue weighted by Gasteiger charge is 2.12. The maximum atomic E-state index is 5.50. The summed E-state index contributed by atoms with van der Waals surface area (Å²) in [5.41, 5.74) is 1.11. The first-order valence-electron chi connectivity index (χ1n) is 7.77. The molecule has 0 aromatic heterocycles. The molecule has 1 aromatic carbocycles. The van der Waals surface area contributed by atoms with Gasteiger partial charge < -0.3 is 24.8 Å². The van der Waals surface area contributed by atoms with Gasteiger partial charge in [-0.3, -0.25) is 0 Å². The van der Waals surface area contributed by atoms with Crippen LogP contribution in [0, 0.1) is 0 Å². The van der Waals surface area contributed by atoms with E-state index in [0.717, 1.165) is 49.7 Å². The highest BCUT2D eigenvalue weighted by molar-refractivity contribution is 7.80. The molecule has 1 aromatic rings. The molecule has 1 heterocycles. The van der Waals surface area contributed by atoms with Crippen LogP contribution < -0.4 is 20.1 Å². The number of fused-ring (bicyclic) bond motifs is 1. The summed E-state index contributed by atoms with van der Waals surface area (Å²) in [6.07, 6.45) is 3.25. The molecule has 0 amide bonds. The van der Waals surface area contributed by atoms with Gasteiger partial charge in [0.1, 0.15) is 0 Å². The molecule has 0 saturated carbocycles. The lowest BCUT2D eigenvalue weighted by Crippen LogP contribution is -2.35. The molecule has 5 nitrogen and oxygen atoms in total. The van der Waals surface area contributed by atoms with Crippen LogP contribution in [0.4, 0.5) is 0 Å². The van der Waals surface area contributed by atoms with Gasteiger partial charge in [0.25, 0.3) is 0 Å². The van der Waals surface area contributed by atoms with E-state index in [2.05, 4.69) is 17.6 Å². The van der Waals surface area contributed by atoms with Crippen molar-refractivity contribution in [2.24, 2.45) is 0 Å². The first-order valence-corrected chi connectivity index (χ1v) is 8.18. The fourth-order valence-corrected chi connectivity index (χ4v) is 2.19. The lowest BCUT2D eigenvalue weighted by atomic mass is 10.2. The molecular formula is C16H24N2O3S. The van der Waals surface area contributed by atoms with E-state index < -0.39 is 0 Å². The quantitative estimate of drug-likeness (QED) is 0.538. The van der Waals surface area contributed by atoms with Crippen LogP contribution in [0.1, 0.15) is 31.7 Å². The molecule has 2 N–H and O–H groups in total. The SMILES string of the molecule is CCCCOCCCNC(=S)NCc1ccc2c(c1)OCO2. The second-order valence-electron chi connectivity index (χ2n) is 5.12. The third-order valence-electron chi connectivity index (χ3n) is 3.28. The summed E-state index contributed by atoms with van der Waals surface area (Å²) in [6.45, 7) is 5.57. The van der Waals surface area contributed by atoms with Crippen molar-refractivity contribution in [3.63, 3.8) is 0 Å². The van der Waals surface area contributed by atoms with Gasteiger partial charge in [0.2, 0.25) is 6.79 Å². The van der Waals surface area contributed by atoms with E-state index in [-0.39, 0.29) is 0 Å². The van der Waals surface area contributed by atoms with Crippen molar-refractivity contribution in [2.45, 2.75) is 32.7 Å². The number of nitrogens with one attached hydrogen (secondary N) is 2. The van der Waals surface area contributed by atoms with Gasteiger partial charge in [-0.25, -0.2) is 0 Å². The molecule has 0 saturated heterocycles. The standard InChI is InChI=1S/C16H24N2O3S/c1-2-3-8-19-9-4-7-17-16(22)18-11-13-5-6-14-15(10-13)21-12-20-14/h5-6,10H,2-4,7-9,11-12H2,1H3,(H2,17,18,22). The number of hydrogen-bond acceptors (Lipinski definition) is 4. The lowest BCUT2D eigenvalue weighted by Gasteiger charge is -2.11. The van der Waals surface area contributed by atoms with Crippen molar-refractivity contribution < 1.29 is 14.2 Å².